The molecule has 0 aliphatic carbocycles. The number of hydrogen-bond donors (Lipinski definition) is 1. The number of nitrogens with two attached hydrogens (primary N) is 1. The number of ketones is 1. The summed E-state index contributed by atoms with van der Waals surface area (Å²) in [4.78, 5) is 16.1. The summed E-state index contributed by atoms with van der Waals surface area (Å²) in [6, 6.07) is 9.89. The Balaban J connectivity index is 2.05. The Morgan fingerprint density at radius 3 is 2.78 bits per heavy atom. The number of thiazole rings is 1. The lowest BCUT2D eigenvalue weighted by atomic mass is 10.1. The van der Waals surface area contributed by atoms with Gasteiger partial charge in [-0.1, -0.05) is 30.3 Å². The summed E-state index contributed by atoms with van der Waals surface area (Å²) in [6.45, 7) is 1.84. The fourth-order valence-corrected chi connectivity index (χ4v) is 2.57. The normalized spacial score (nSPS) is 12.3. The molecule has 0 fully saturated rings. The van der Waals surface area contributed by atoms with Crippen LogP contribution in [0.1, 0.15) is 18.4 Å². The topological polar surface area (TPSA) is 56.0 Å². The van der Waals surface area contributed by atoms with E-state index in [0.29, 0.717) is 12.8 Å². The maximum atomic E-state index is 11.7. The Morgan fingerprint density at radius 2 is 2.11 bits per heavy atom. The highest BCUT2D eigenvalue weighted by atomic mass is 32.1. The first kappa shape index (κ1) is 12.9. The van der Waals surface area contributed by atoms with Gasteiger partial charge in [0.2, 0.25) is 0 Å². The van der Waals surface area contributed by atoms with E-state index in [4.69, 9.17) is 5.73 Å². The van der Waals surface area contributed by atoms with E-state index in [1.807, 2.05) is 42.6 Å². The average Bonchev–Trinajstić information content (AvgIpc) is 2.77. The largest absolute Gasteiger partial charge is 0.328 e. The van der Waals surface area contributed by atoms with Crippen molar-refractivity contribution in [3.63, 3.8) is 0 Å². The molecule has 0 bridgehead atoms. The molecule has 1 aromatic carbocycles. The van der Waals surface area contributed by atoms with Crippen molar-refractivity contribution in [2.75, 3.05) is 0 Å². The smallest absolute Gasteiger partial charge is 0.141 e. The van der Waals surface area contributed by atoms with E-state index in [2.05, 4.69) is 4.98 Å². The Kier molecular flexibility index (Phi) is 4.23. The van der Waals surface area contributed by atoms with E-state index in [1.165, 1.54) is 11.3 Å². The minimum absolute atomic E-state index is 0.0777. The van der Waals surface area contributed by atoms with Crippen LogP contribution in [0.5, 0.6) is 0 Å². The van der Waals surface area contributed by atoms with Gasteiger partial charge < -0.3 is 5.73 Å². The number of carbonyl (C=O) groups is 1. The van der Waals surface area contributed by atoms with Gasteiger partial charge in [0.15, 0.2) is 0 Å². The minimum Gasteiger partial charge on any atom is -0.328 e. The highest BCUT2D eigenvalue weighted by Crippen LogP contribution is 2.22. The van der Waals surface area contributed by atoms with E-state index >= 15 is 0 Å². The summed E-state index contributed by atoms with van der Waals surface area (Å²) in [5.74, 6) is 0.152. The summed E-state index contributed by atoms with van der Waals surface area (Å²) in [5, 5.41) is 2.85. The van der Waals surface area contributed by atoms with Gasteiger partial charge in [0.1, 0.15) is 10.8 Å². The van der Waals surface area contributed by atoms with Gasteiger partial charge in [-0.3, -0.25) is 4.79 Å². The predicted octanol–water partition coefficient (Wildman–Crippen LogP) is 2.66. The molecule has 1 unspecified atom stereocenters. The molecule has 1 aromatic heterocycles. The summed E-state index contributed by atoms with van der Waals surface area (Å²) >= 11 is 1.53. The van der Waals surface area contributed by atoms with Crippen LogP contribution in [0.25, 0.3) is 11.3 Å². The maximum absolute atomic E-state index is 11.7. The lowest BCUT2D eigenvalue weighted by molar-refractivity contribution is -0.118. The van der Waals surface area contributed by atoms with Gasteiger partial charge in [0, 0.05) is 23.4 Å². The van der Waals surface area contributed by atoms with Gasteiger partial charge in [-0.05, 0) is 6.92 Å². The van der Waals surface area contributed by atoms with E-state index in [0.717, 1.165) is 16.3 Å². The molecule has 2 N–H and O–H groups in total. The molecular formula is C14H16N2OS. The van der Waals surface area contributed by atoms with Gasteiger partial charge in [0.25, 0.3) is 0 Å². The first-order chi connectivity index (χ1) is 8.65. The molecule has 4 heteroatoms. The molecule has 3 nitrogen and oxygen atoms in total. The van der Waals surface area contributed by atoms with Crippen molar-refractivity contribution in [1.29, 1.82) is 0 Å². The molecule has 2 aromatic rings. The molecule has 0 saturated heterocycles. The van der Waals surface area contributed by atoms with Gasteiger partial charge in [-0.15, -0.1) is 11.3 Å². The molecular weight excluding hydrogens is 244 g/mol. The lowest BCUT2D eigenvalue weighted by Gasteiger charge is -2.01. The van der Waals surface area contributed by atoms with Crippen LogP contribution in [0.15, 0.2) is 35.7 Å². The number of rotatable bonds is 5. The molecule has 18 heavy (non-hydrogen) atoms. The molecule has 0 aliphatic rings. The molecule has 0 amide bonds. The van der Waals surface area contributed by atoms with E-state index < -0.39 is 0 Å². The van der Waals surface area contributed by atoms with Gasteiger partial charge in [-0.2, -0.15) is 0 Å². The Bertz CT molecular complexity index is 520. The minimum atomic E-state index is -0.0777. The number of benzene rings is 1. The first-order valence-corrected chi connectivity index (χ1v) is 6.80. The van der Waals surface area contributed by atoms with Crippen LogP contribution >= 0.6 is 11.3 Å². The summed E-state index contributed by atoms with van der Waals surface area (Å²) in [6.07, 6.45) is 0.805. The lowest BCUT2D eigenvalue weighted by Crippen LogP contribution is -2.20. The van der Waals surface area contributed by atoms with Gasteiger partial charge >= 0.3 is 0 Å². The number of Topliss-reactive ketones (excluding diaryl/α,β-unsaturated/α-hetero) is 1. The SMILES string of the molecule is CC(N)CC(=O)Cc1nc(-c2ccccc2)cs1. The van der Waals surface area contributed by atoms with Crippen molar-refractivity contribution in [2.45, 2.75) is 25.8 Å². The van der Waals surface area contributed by atoms with Crippen molar-refractivity contribution >= 4 is 17.1 Å². The molecule has 0 saturated carbocycles. The van der Waals surface area contributed by atoms with Crippen molar-refractivity contribution in [3.05, 3.63) is 40.7 Å². The van der Waals surface area contributed by atoms with E-state index in [-0.39, 0.29) is 11.8 Å². The van der Waals surface area contributed by atoms with Crippen LogP contribution in [-0.2, 0) is 11.2 Å². The van der Waals surface area contributed by atoms with Crippen LogP contribution in [-0.4, -0.2) is 16.8 Å². The van der Waals surface area contributed by atoms with Crippen LogP contribution in [0.3, 0.4) is 0 Å². The fourth-order valence-electron chi connectivity index (χ4n) is 1.73. The highest BCUT2D eigenvalue weighted by molar-refractivity contribution is 7.10. The molecule has 1 atom stereocenters. The molecule has 2 rings (SSSR count). The first-order valence-electron chi connectivity index (χ1n) is 5.92. The molecule has 94 valence electrons. The second kappa shape index (κ2) is 5.89. The summed E-state index contributed by atoms with van der Waals surface area (Å²) < 4.78 is 0. The molecule has 1 heterocycles. The van der Waals surface area contributed by atoms with Crippen LogP contribution in [0, 0.1) is 0 Å². The highest BCUT2D eigenvalue weighted by Gasteiger charge is 2.10. The van der Waals surface area contributed by atoms with Crippen LogP contribution < -0.4 is 5.73 Å². The van der Waals surface area contributed by atoms with E-state index in [9.17, 15) is 4.79 Å². The monoisotopic (exact) mass is 260 g/mol. The number of hydrogen-bond acceptors (Lipinski definition) is 4. The Hall–Kier alpha value is -1.52. The van der Waals surface area contributed by atoms with Crippen molar-refractivity contribution < 1.29 is 4.79 Å². The van der Waals surface area contributed by atoms with Crippen molar-refractivity contribution in [3.8, 4) is 11.3 Å². The maximum Gasteiger partial charge on any atom is 0.141 e. The quantitative estimate of drug-likeness (QED) is 0.899. The second-order valence-corrected chi connectivity index (χ2v) is 5.33. The zero-order chi connectivity index (χ0) is 13.0. The third kappa shape index (κ3) is 3.48. The number of aromatic nitrogens is 1. The Labute approximate surface area is 111 Å². The summed E-state index contributed by atoms with van der Waals surface area (Å²) in [7, 11) is 0. The number of nitrogens with zero attached hydrogens (tertiary/aromatic N) is 1. The molecule has 0 aliphatic heterocycles. The zero-order valence-corrected chi connectivity index (χ0v) is 11.1. The third-order valence-corrected chi connectivity index (χ3v) is 3.37. The predicted molar refractivity (Wildman–Crippen MR) is 74.5 cm³/mol. The van der Waals surface area contributed by atoms with Crippen molar-refractivity contribution in [1.82, 2.24) is 4.98 Å². The van der Waals surface area contributed by atoms with Gasteiger partial charge in [-0.25, -0.2) is 4.98 Å². The van der Waals surface area contributed by atoms with Gasteiger partial charge in [0.05, 0.1) is 12.1 Å². The molecule has 0 radical (unpaired) electrons. The fraction of sp³-hybridized carbons (Fsp3) is 0.286. The Morgan fingerprint density at radius 1 is 1.39 bits per heavy atom. The van der Waals surface area contributed by atoms with E-state index in [1.54, 1.807) is 0 Å². The van der Waals surface area contributed by atoms with Crippen molar-refractivity contribution in [2.24, 2.45) is 5.73 Å². The molecule has 0 spiro atoms. The van der Waals surface area contributed by atoms with Crippen LogP contribution in [0.4, 0.5) is 0 Å². The standard InChI is InChI=1S/C14H16N2OS/c1-10(15)7-12(17)8-14-16-13(9-18-14)11-5-3-2-4-6-11/h2-6,9-10H,7-8,15H2,1H3. The van der Waals surface area contributed by atoms with Crippen LogP contribution in [0.2, 0.25) is 0 Å². The number of carbonyl (C=O) groups excluding carboxylic acids is 1. The second-order valence-electron chi connectivity index (χ2n) is 4.39. The average molecular weight is 260 g/mol. The zero-order valence-electron chi connectivity index (χ0n) is 10.3. The summed E-state index contributed by atoms with van der Waals surface area (Å²) in [5.41, 5.74) is 7.62. The third-order valence-electron chi connectivity index (χ3n) is 2.52.